The maximum atomic E-state index is 13.4. The van der Waals surface area contributed by atoms with Crippen molar-refractivity contribution >= 4 is 23.7 Å². The van der Waals surface area contributed by atoms with E-state index in [1.807, 2.05) is 30.3 Å². The van der Waals surface area contributed by atoms with Crippen LogP contribution in [-0.2, 0) is 4.79 Å². The Kier molecular flexibility index (Phi) is 5.06. The molecule has 0 aliphatic heterocycles. The third kappa shape index (κ3) is 4.04. The minimum atomic E-state index is -0.410. The van der Waals surface area contributed by atoms with Crippen molar-refractivity contribution in [2.24, 2.45) is 0 Å². The van der Waals surface area contributed by atoms with Crippen LogP contribution in [0.15, 0.2) is 64.2 Å². The van der Waals surface area contributed by atoms with Crippen LogP contribution in [0.4, 0.5) is 10.4 Å². The van der Waals surface area contributed by atoms with Gasteiger partial charge in [-0.3, -0.25) is 10.1 Å². The predicted molar refractivity (Wildman–Crippen MR) is 98.2 cm³/mol. The summed E-state index contributed by atoms with van der Waals surface area (Å²) in [6, 6.07) is 15.0. The standard InChI is InChI=1S/C17H12FN7O2S/c18-12-7-4-8-13(9-12)25-17(22-23-24-25)28-10-14(26)19-16-21-20-15(27-16)11-5-2-1-3-6-11/h1-9H,10H2,(H,19,21,26). The van der Waals surface area contributed by atoms with E-state index in [2.05, 4.69) is 31.0 Å². The molecule has 28 heavy (non-hydrogen) atoms. The number of thioether (sulfide) groups is 1. The monoisotopic (exact) mass is 397 g/mol. The zero-order chi connectivity index (χ0) is 19.3. The SMILES string of the molecule is O=C(CSc1nnnn1-c1cccc(F)c1)Nc1nnc(-c2ccccc2)o1. The summed E-state index contributed by atoms with van der Waals surface area (Å²) in [5.41, 5.74) is 1.21. The normalized spacial score (nSPS) is 10.8. The van der Waals surface area contributed by atoms with Gasteiger partial charge in [0.25, 0.3) is 0 Å². The van der Waals surface area contributed by atoms with Gasteiger partial charge in [0.15, 0.2) is 0 Å². The van der Waals surface area contributed by atoms with Crippen LogP contribution >= 0.6 is 11.8 Å². The summed E-state index contributed by atoms with van der Waals surface area (Å²) in [5.74, 6) is -0.480. The molecular weight excluding hydrogens is 385 g/mol. The number of nitrogens with zero attached hydrogens (tertiary/aromatic N) is 6. The molecule has 0 aliphatic rings. The van der Waals surface area contributed by atoms with Crippen molar-refractivity contribution in [3.63, 3.8) is 0 Å². The number of halogens is 1. The Balaban J connectivity index is 1.38. The van der Waals surface area contributed by atoms with Crippen LogP contribution in [-0.4, -0.2) is 42.1 Å². The van der Waals surface area contributed by atoms with Gasteiger partial charge in [-0.05, 0) is 40.8 Å². The van der Waals surface area contributed by atoms with E-state index >= 15 is 0 Å². The number of aromatic nitrogens is 6. The summed E-state index contributed by atoms with van der Waals surface area (Å²) in [5, 5.41) is 21.8. The molecule has 0 unspecified atom stereocenters. The van der Waals surface area contributed by atoms with E-state index in [-0.39, 0.29) is 17.7 Å². The Morgan fingerprint density at radius 1 is 1.11 bits per heavy atom. The maximum absolute atomic E-state index is 13.4. The first-order chi connectivity index (χ1) is 13.7. The maximum Gasteiger partial charge on any atom is 0.322 e. The molecular formula is C17H12FN7O2S. The first-order valence-electron chi connectivity index (χ1n) is 8.05. The fraction of sp³-hybridized carbons (Fsp3) is 0.0588. The highest BCUT2D eigenvalue weighted by Gasteiger charge is 2.15. The van der Waals surface area contributed by atoms with Crippen LogP contribution < -0.4 is 5.32 Å². The second kappa shape index (κ2) is 7.96. The van der Waals surface area contributed by atoms with Crippen LogP contribution in [0.5, 0.6) is 0 Å². The Labute approximate surface area is 162 Å². The van der Waals surface area contributed by atoms with E-state index in [4.69, 9.17) is 4.42 Å². The molecule has 0 radical (unpaired) electrons. The fourth-order valence-electron chi connectivity index (χ4n) is 2.30. The van der Waals surface area contributed by atoms with Gasteiger partial charge in [0, 0.05) is 5.56 Å². The summed E-state index contributed by atoms with van der Waals surface area (Å²) >= 11 is 1.09. The fourth-order valence-corrected chi connectivity index (χ4v) is 2.99. The van der Waals surface area contributed by atoms with E-state index in [0.29, 0.717) is 16.7 Å². The first kappa shape index (κ1) is 17.8. The number of carbonyl (C=O) groups is 1. The lowest BCUT2D eigenvalue weighted by molar-refractivity contribution is -0.113. The topological polar surface area (TPSA) is 112 Å². The van der Waals surface area contributed by atoms with E-state index < -0.39 is 5.82 Å². The lowest BCUT2D eigenvalue weighted by Crippen LogP contribution is -2.15. The highest BCUT2D eigenvalue weighted by atomic mass is 32.2. The van der Waals surface area contributed by atoms with Crippen LogP contribution in [0, 0.1) is 5.82 Å². The molecule has 0 atom stereocenters. The highest BCUT2D eigenvalue weighted by Crippen LogP contribution is 2.21. The number of hydrogen-bond acceptors (Lipinski definition) is 8. The molecule has 9 nitrogen and oxygen atoms in total. The number of tetrazole rings is 1. The van der Waals surface area contributed by atoms with Crippen molar-refractivity contribution in [3.05, 3.63) is 60.4 Å². The average molecular weight is 397 g/mol. The van der Waals surface area contributed by atoms with Gasteiger partial charge in [-0.25, -0.2) is 4.39 Å². The van der Waals surface area contributed by atoms with Gasteiger partial charge in [0.1, 0.15) is 5.82 Å². The Hall–Kier alpha value is -3.60. The molecule has 4 aromatic rings. The first-order valence-corrected chi connectivity index (χ1v) is 9.03. The van der Waals surface area contributed by atoms with E-state index in [9.17, 15) is 9.18 Å². The zero-order valence-electron chi connectivity index (χ0n) is 14.2. The second-order valence-corrected chi connectivity index (χ2v) is 6.41. The number of hydrogen-bond donors (Lipinski definition) is 1. The minimum absolute atomic E-state index is 0.00125. The predicted octanol–water partition coefficient (Wildman–Crippen LogP) is 2.58. The number of anilines is 1. The smallest absolute Gasteiger partial charge is 0.322 e. The van der Waals surface area contributed by atoms with E-state index in [0.717, 1.165) is 17.3 Å². The number of nitrogens with one attached hydrogen (secondary N) is 1. The minimum Gasteiger partial charge on any atom is -0.403 e. The largest absolute Gasteiger partial charge is 0.403 e. The third-order valence-electron chi connectivity index (χ3n) is 3.52. The van der Waals surface area contributed by atoms with Gasteiger partial charge < -0.3 is 4.42 Å². The van der Waals surface area contributed by atoms with E-state index in [1.54, 1.807) is 12.1 Å². The highest BCUT2D eigenvalue weighted by molar-refractivity contribution is 7.99. The Bertz CT molecular complexity index is 1100. The van der Waals surface area contributed by atoms with E-state index in [1.165, 1.54) is 16.8 Å². The van der Waals surface area contributed by atoms with Crippen molar-refractivity contribution in [2.75, 3.05) is 11.1 Å². The quantitative estimate of drug-likeness (QED) is 0.494. The van der Waals surface area contributed by atoms with Crippen molar-refractivity contribution in [1.82, 2.24) is 30.4 Å². The molecule has 0 saturated heterocycles. The van der Waals surface area contributed by atoms with Gasteiger partial charge in [-0.2, -0.15) is 4.68 Å². The van der Waals surface area contributed by atoms with Crippen molar-refractivity contribution in [2.45, 2.75) is 5.16 Å². The molecule has 0 bridgehead atoms. The lowest BCUT2D eigenvalue weighted by Gasteiger charge is -2.04. The van der Waals surface area contributed by atoms with Crippen LogP contribution in [0.1, 0.15) is 0 Å². The van der Waals surface area contributed by atoms with Gasteiger partial charge in [-0.15, -0.1) is 10.2 Å². The molecule has 1 amide bonds. The molecule has 2 aromatic heterocycles. The summed E-state index contributed by atoms with van der Waals surface area (Å²) in [6.45, 7) is 0. The molecule has 11 heteroatoms. The third-order valence-corrected chi connectivity index (χ3v) is 4.44. The molecule has 4 rings (SSSR count). The van der Waals surface area contributed by atoms with Crippen LogP contribution in [0.25, 0.3) is 17.1 Å². The Morgan fingerprint density at radius 3 is 2.79 bits per heavy atom. The summed E-state index contributed by atoms with van der Waals surface area (Å²) in [7, 11) is 0. The molecule has 0 fully saturated rings. The van der Waals surface area contributed by atoms with Crippen molar-refractivity contribution < 1.29 is 13.6 Å². The molecule has 2 aromatic carbocycles. The lowest BCUT2D eigenvalue weighted by atomic mass is 10.2. The molecule has 0 aliphatic carbocycles. The van der Waals surface area contributed by atoms with Gasteiger partial charge >= 0.3 is 6.01 Å². The molecule has 0 saturated carbocycles. The van der Waals surface area contributed by atoms with Crippen molar-refractivity contribution in [3.8, 4) is 17.1 Å². The summed E-state index contributed by atoms with van der Waals surface area (Å²) < 4.78 is 20.2. The van der Waals surface area contributed by atoms with Crippen LogP contribution in [0.3, 0.4) is 0 Å². The second-order valence-electron chi connectivity index (χ2n) is 5.47. The number of carbonyl (C=O) groups excluding carboxylic acids is 1. The number of amides is 1. The van der Waals surface area contributed by atoms with Crippen LogP contribution in [0.2, 0.25) is 0 Å². The molecule has 2 heterocycles. The number of rotatable bonds is 6. The molecule has 0 spiro atoms. The molecule has 140 valence electrons. The summed E-state index contributed by atoms with van der Waals surface area (Å²) in [4.78, 5) is 12.2. The molecule has 1 N–H and O–H groups in total. The van der Waals surface area contributed by atoms with Gasteiger partial charge in [0.2, 0.25) is 17.0 Å². The van der Waals surface area contributed by atoms with Gasteiger partial charge in [0.05, 0.1) is 11.4 Å². The zero-order valence-corrected chi connectivity index (χ0v) is 15.0. The number of benzene rings is 2. The summed E-state index contributed by atoms with van der Waals surface area (Å²) in [6.07, 6.45) is 0. The Morgan fingerprint density at radius 2 is 1.96 bits per heavy atom. The average Bonchev–Trinajstić information content (AvgIpc) is 3.36. The van der Waals surface area contributed by atoms with Crippen molar-refractivity contribution in [1.29, 1.82) is 0 Å². The van der Waals surface area contributed by atoms with Gasteiger partial charge in [-0.1, -0.05) is 41.1 Å².